The van der Waals surface area contributed by atoms with E-state index in [9.17, 15) is 9.59 Å². The van der Waals surface area contributed by atoms with E-state index in [1.807, 2.05) is 51.1 Å². The average Bonchev–Trinajstić information content (AvgIpc) is 2.55. The summed E-state index contributed by atoms with van der Waals surface area (Å²) in [6, 6.07) is 16.6. The second-order valence-electron chi connectivity index (χ2n) is 6.22. The Kier molecular flexibility index (Phi) is 5.74. The first-order valence-electron chi connectivity index (χ1n) is 8.07. The van der Waals surface area contributed by atoms with Gasteiger partial charge in [0.2, 0.25) is 0 Å². The van der Waals surface area contributed by atoms with Gasteiger partial charge in [-0.05, 0) is 38.5 Å². The maximum Gasteiger partial charge on any atom is 0.339 e. The summed E-state index contributed by atoms with van der Waals surface area (Å²) in [7, 11) is 0. The van der Waals surface area contributed by atoms with Crippen molar-refractivity contribution in [3.8, 4) is 0 Å². The van der Waals surface area contributed by atoms with Crippen LogP contribution in [0.5, 0.6) is 0 Å². The van der Waals surface area contributed by atoms with Crippen molar-refractivity contribution in [3.05, 3.63) is 71.3 Å². The zero-order valence-electron chi connectivity index (χ0n) is 14.3. The number of amides is 1. The molecule has 0 heterocycles. The Bertz CT molecular complexity index is 708. The van der Waals surface area contributed by atoms with Gasteiger partial charge >= 0.3 is 5.97 Å². The second kappa shape index (κ2) is 7.77. The van der Waals surface area contributed by atoms with Crippen LogP contribution in [0.3, 0.4) is 0 Å². The Labute approximate surface area is 142 Å². The Balaban J connectivity index is 2.16. The van der Waals surface area contributed by atoms with Gasteiger partial charge < -0.3 is 10.1 Å². The average molecular weight is 325 g/mol. The maximum absolute atomic E-state index is 12.6. The largest absolute Gasteiger partial charge is 0.456 e. The number of esters is 1. The summed E-state index contributed by atoms with van der Waals surface area (Å²) in [5, 5.41) is 2.71. The van der Waals surface area contributed by atoms with Crippen molar-refractivity contribution in [3.63, 3.8) is 0 Å². The van der Waals surface area contributed by atoms with E-state index >= 15 is 0 Å². The quantitative estimate of drug-likeness (QED) is 0.825. The molecule has 0 aliphatic rings. The second-order valence-corrected chi connectivity index (χ2v) is 6.22. The molecule has 4 heteroatoms. The highest BCUT2D eigenvalue weighted by molar-refractivity contribution is 6.05. The smallest absolute Gasteiger partial charge is 0.339 e. The minimum Gasteiger partial charge on any atom is -0.456 e. The normalized spacial score (nSPS) is 11.0. The van der Waals surface area contributed by atoms with Gasteiger partial charge in [0, 0.05) is 13.0 Å². The molecule has 0 saturated heterocycles. The summed E-state index contributed by atoms with van der Waals surface area (Å²) >= 11 is 0. The first-order valence-corrected chi connectivity index (χ1v) is 8.07. The lowest BCUT2D eigenvalue weighted by Crippen LogP contribution is -2.32. The number of benzene rings is 2. The summed E-state index contributed by atoms with van der Waals surface area (Å²) < 4.78 is 5.68. The standard InChI is InChI=1S/C20H23NO3/c1-4-21-18(22)16-12-8-9-13-17(16)19(23)24-20(2,3)14-15-10-6-5-7-11-15/h5-13H,4,14H2,1-3H3,(H,21,22). The van der Waals surface area contributed by atoms with Crippen LogP contribution in [-0.2, 0) is 11.2 Å². The zero-order chi connectivity index (χ0) is 17.6. The number of carbonyl (C=O) groups is 2. The third kappa shape index (κ3) is 4.69. The van der Waals surface area contributed by atoms with E-state index in [-0.39, 0.29) is 11.5 Å². The molecule has 0 bridgehead atoms. The molecule has 0 saturated carbocycles. The van der Waals surface area contributed by atoms with E-state index < -0.39 is 11.6 Å². The van der Waals surface area contributed by atoms with E-state index in [2.05, 4.69) is 5.32 Å². The number of hydrogen-bond donors (Lipinski definition) is 1. The first-order chi connectivity index (χ1) is 11.4. The van der Waals surface area contributed by atoms with Crippen LogP contribution in [0.4, 0.5) is 0 Å². The zero-order valence-corrected chi connectivity index (χ0v) is 14.3. The molecule has 0 aliphatic heterocycles. The fourth-order valence-electron chi connectivity index (χ4n) is 2.54. The molecular weight excluding hydrogens is 302 g/mol. The van der Waals surface area contributed by atoms with Gasteiger partial charge in [0.25, 0.3) is 5.91 Å². The van der Waals surface area contributed by atoms with Gasteiger partial charge in [0.1, 0.15) is 5.60 Å². The van der Waals surface area contributed by atoms with Crippen molar-refractivity contribution in [2.45, 2.75) is 32.8 Å². The maximum atomic E-state index is 12.6. The van der Waals surface area contributed by atoms with Crippen molar-refractivity contribution in [1.29, 1.82) is 0 Å². The lowest BCUT2D eigenvalue weighted by Gasteiger charge is -2.25. The Morgan fingerprint density at radius 3 is 2.17 bits per heavy atom. The molecular formula is C20H23NO3. The molecule has 0 fully saturated rings. The van der Waals surface area contributed by atoms with Crippen molar-refractivity contribution in [2.24, 2.45) is 0 Å². The molecule has 2 aromatic carbocycles. The lowest BCUT2D eigenvalue weighted by atomic mass is 9.98. The molecule has 0 atom stereocenters. The van der Waals surface area contributed by atoms with Crippen LogP contribution in [0.1, 0.15) is 47.1 Å². The Hall–Kier alpha value is -2.62. The summed E-state index contributed by atoms with van der Waals surface area (Å²) in [5.74, 6) is -0.760. The molecule has 4 nitrogen and oxygen atoms in total. The van der Waals surface area contributed by atoms with Gasteiger partial charge in [-0.2, -0.15) is 0 Å². The van der Waals surface area contributed by atoms with Crippen LogP contribution >= 0.6 is 0 Å². The third-order valence-electron chi connectivity index (χ3n) is 3.57. The summed E-state index contributed by atoms with van der Waals surface area (Å²) in [6.07, 6.45) is 0.600. The molecule has 126 valence electrons. The molecule has 0 radical (unpaired) electrons. The van der Waals surface area contributed by atoms with Crippen LogP contribution in [0, 0.1) is 0 Å². The van der Waals surface area contributed by atoms with Crippen LogP contribution in [-0.4, -0.2) is 24.0 Å². The van der Waals surface area contributed by atoms with Gasteiger partial charge in [-0.25, -0.2) is 4.79 Å². The predicted octanol–water partition coefficient (Wildman–Crippen LogP) is 3.61. The monoisotopic (exact) mass is 325 g/mol. The Morgan fingerprint density at radius 2 is 1.54 bits per heavy atom. The first kappa shape index (κ1) is 17.7. The minimum atomic E-state index is -0.674. The minimum absolute atomic E-state index is 0.272. The summed E-state index contributed by atoms with van der Waals surface area (Å²) in [4.78, 5) is 24.7. The van der Waals surface area contributed by atoms with Crippen molar-refractivity contribution in [1.82, 2.24) is 5.32 Å². The fourth-order valence-corrected chi connectivity index (χ4v) is 2.54. The number of ether oxygens (including phenoxy) is 1. The molecule has 1 amide bonds. The summed E-state index contributed by atoms with van der Waals surface area (Å²) in [6.45, 7) is 6.07. The summed E-state index contributed by atoms with van der Waals surface area (Å²) in [5.41, 5.74) is 1.03. The van der Waals surface area contributed by atoms with E-state index in [1.54, 1.807) is 24.3 Å². The Morgan fingerprint density at radius 1 is 0.958 bits per heavy atom. The number of hydrogen-bond acceptors (Lipinski definition) is 3. The van der Waals surface area contributed by atoms with Crippen LogP contribution in [0.15, 0.2) is 54.6 Å². The van der Waals surface area contributed by atoms with Crippen molar-refractivity contribution >= 4 is 11.9 Å². The topological polar surface area (TPSA) is 55.4 Å². The highest BCUT2D eigenvalue weighted by Crippen LogP contribution is 2.20. The van der Waals surface area contributed by atoms with Gasteiger partial charge in [0.15, 0.2) is 0 Å². The fraction of sp³-hybridized carbons (Fsp3) is 0.300. The molecule has 24 heavy (non-hydrogen) atoms. The molecule has 2 aromatic rings. The highest BCUT2D eigenvalue weighted by atomic mass is 16.6. The van der Waals surface area contributed by atoms with Gasteiger partial charge in [0.05, 0.1) is 11.1 Å². The molecule has 0 spiro atoms. The number of nitrogens with one attached hydrogen (secondary N) is 1. The molecule has 2 rings (SSSR count). The lowest BCUT2D eigenvalue weighted by molar-refractivity contribution is -0.000828. The van der Waals surface area contributed by atoms with E-state index in [4.69, 9.17) is 4.74 Å². The van der Waals surface area contributed by atoms with Gasteiger partial charge in [-0.1, -0.05) is 42.5 Å². The van der Waals surface area contributed by atoms with Crippen LogP contribution < -0.4 is 5.32 Å². The molecule has 1 N–H and O–H groups in total. The van der Waals surface area contributed by atoms with Crippen molar-refractivity contribution in [2.75, 3.05) is 6.54 Å². The molecule has 0 unspecified atom stereocenters. The van der Waals surface area contributed by atoms with Crippen LogP contribution in [0.25, 0.3) is 0 Å². The van der Waals surface area contributed by atoms with Crippen LogP contribution in [0.2, 0.25) is 0 Å². The number of carbonyl (C=O) groups excluding carboxylic acids is 2. The highest BCUT2D eigenvalue weighted by Gasteiger charge is 2.26. The van der Waals surface area contributed by atoms with Crippen molar-refractivity contribution < 1.29 is 14.3 Å². The predicted molar refractivity (Wildman–Crippen MR) is 94.1 cm³/mol. The molecule has 0 aromatic heterocycles. The number of rotatable bonds is 6. The van der Waals surface area contributed by atoms with E-state index in [1.165, 1.54) is 0 Å². The SMILES string of the molecule is CCNC(=O)c1ccccc1C(=O)OC(C)(C)Cc1ccccc1. The van der Waals surface area contributed by atoms with E-state index in [0.717, 1.165) is 5.56 Å². The molecule has 0 aliphatic carbocycles. The van der Waals surface area contributed by atoms with Gasteiger partial charge in [-0.3, -0.25) is 4.79 Å². The third-order valence-corrected chi connectivity index (χ3v) is 3.57. The van der Waals surface area contributed by atoms with E-state index in [0.29, 0.717) is 18.5 Å². The van der Waals surface area contributed by atoms with Gasteiger partial charge in [-0.15, -0.1) is 0 Å².